The molecule has 1 aromatic carbocycles. The summed E-state index contributed by atoms with van der Waals surface area (Å²) >= 11 is 0. The molecule has 18 heavy (non-hydrogen) atoms. The fraction of sp³-hybridized carbons (Fsp3) is 0.571. The lowest BCUT2D eigenvalue weighted by Crippen LogP contribution is -2.42. The van der Waals surface area contributed by atoms with Gasteiger partial charge in [0.15, 0.2) is 0 Å². The van der Waals surface area contributed by atoms with Gasteiger partial charge in [0.25, 0.3) is 0 Å². The summed E-state index contributed by atoms with van der Waals surface area (Å²) in [5.41, 5.74) is 0.516. The molecule has 0 amide bonds. The van der Waals surface area contributed by atoms with E-state index in [-0.39, 0.29) is 12.0 Å². The Hall–Kier alpha value is -1.00. The van der Waals surface area contributed by atoms with Crippen molar-refractivity contribution in [3.63, 3.8) is 0 Å². The number of rotatable bonds is 3. The summed E-state index contributed by atoms with van der Waals surface area (Å²) in [7, 11) is 0. The van der Waals surface area contributed by atoms with Crippen LogP contribution in [0.4, 0.5) is 8.78 Å². The first-order valence-electron chi connectivity index (χ1n) is 6.44. The largest absolute Gasteiger partial charge is 0.393 e. The summed E-state index contributed by atoms with van der Waals surface area (Å²) in [6.07, 6.45) is 1.40. The molecule has 1 saturated heterocycles. The molecule has 1 aliphatic rings. The van der Waals surface area contributed by atoms with Crippen molar-refractivity contribution in [2.45, 2.75) is 32.4 Å². The highest BCUT2D eigenvalue weighted by Gasteiger charge is 2.26. The fourth-order valence-corrected chi connectivity index (χ4v) is 2.53. The number of nitrogens with zero attached hydrogens (tertiary/aromatic N) is 1. The van der Waals surface area contributed by atoms with Gasteiger partial charge in [-0.2, -0.15) is 0 Å². The van der Waals surface area contributed by atoms with Gasteiger partial charge in [0.2, 0.25) is 0 Å². The summed E-state index contributed by atoms with van der Waals surface area (Å²) in [5.74, 6) is -0.784. The Morgan fingerprint density at radius 2 is 2.17 bits per heavy atom. The third-order valence-electron chi connectivity index (χ3n) is 3.71. The predicted octanol–water partition coefficient (Wildman–Crippen LogP) is 2.56. The maximum atomic E-state index is 13.5. The molecule has 0 radical (unpaired) electrons. The summed E-state index contributed by atoms with van der Waals surface area (Å²) in [4.78, 5) is 2.12. The summed E-state index contributed by atoms with van der Waals surface area (Å²) < 4.78 is 26.4. The van der Waals surface area contributed by atoms with Crippen LogP contribution in [0.25, 0.3) is 0 Å². The van der Waals surface area contributed by atoms with Crippen LogP contribution in [0, 0.1) is 17.6 Å². The van der Waals surface area contributed by atoms with Crippen molar-refractivity contribution >= 4 is 0 Å². The smallest absolute Gasteiger partial charge is 0.130 e. The minimum atomic E-state index is -0.545. The highest BCUT2D eigenvalue weighted by molar-refractivity contribution is 5.18. The van der Waals surface area contributed by atoms with Crippen molar-refractivity contribution in [3.8, 4) is 0 Å². The van der Waals surface area contributed by atoms with Gasteiger partial charge in [0.1, 0.15) is 11.6 Å². The molecule has 0 aliphatic carbocycles. The van der Waals surface area contributed by atoms with E-state index in [4.69, 9.17) is 0 Å². The Labute approximate surface area is 106 Å². The third-order valence-corrected chi connectivity index (χ3v) is 3.71. The first kappa shape index (κ1) is 13.4. The Morgan fingerprint density at radius 3 is 2.83 bits per heavy atom. The first-order chi connectivity index (χ1) is 8.60. The van der Waals surface area contributed by atoms with E-state index in [0.717, 1.165) is 32.0 Å². The average molecular weight is 255 g/mol. The second kappa shape index (κ2) is 5.76. The van der Waals surface area contributed by atoms with Crippen molar-refractivity contribution in [3.05, 3.63) is 35.4 Å². The number of hydrogen-bond donors (Lipinski definition) is 1. The van der Waals surface area contributed by atoms with Gasteiger partial charge in [-0.1, -0.05) is 13.0 Å². The molecule has 2 atom stereocenters. The Kier molecular flexibility index (Phi) is 4.30. The van der Waals surface area contributed by atoms with E-state index < -0.39 is 11.6 Å². The maximum Gasteiger partial charge on any atom is 0.130 e. The second-order valence-electron chi connectivity index (χ2n) is 5.00. The number of hydrogen-bond acceptors (Lipinski definition) is 2. The van der Waals surface area contributed by atoms with Gasteiger partial charge in [0.05, 0.1) is 6.10 Å². The number of likely N-dealkylation sites (tertiary alicyclic amines) is 1. The normalized spacial score (nSPS) is 25.3. The van der Waals surface area contributed by atoms with Crippen LogP contribution in [0.2, 0.25) is 0 Å². The van der Waals surface area contributed by atoms with Gasteiger partial charge in [-0.3, -0.25) is 4.90 Å². The highest BCUT2D eigenvalue weighted by Crippen LogP contribution is 2.22. The second-order valence-corrected chi connectivity index (χ2v) is 5.00. The quantitative estimate of drug-likeness (QED) is 0.897. The van der Waals surface area contributed by atoms with Crippen LogP contribution < -0.4 is 0 Å². The number of aliphatic hydroxyl groups is 1. The molecule has 1 aliphatic heterocycles. The molecule has 2 nitrogen and oxygen atoms in total. The zero-order valence-electron chi connectivity index (χ0n) is 10.6. The molecular formula is C14H19F2NO. The third kappa shape index (κ3) is 3.06. The van der Waals surface area contributed by atoms with Crippen LogP contribution in [-0.4, -0.2) is 29.2 Å². The van der Waals surface area contributed by atoms with Crippen LogP contribution in [0.15, 0.2) is 18.2 Å². The van der Waals surface area contributed by atoms with E-state index >= 15 is 0 Å². The van der Waals surface area contributed by atoms with Crippen LogP contribution >= 0.6 is 0 Å². The average Bonchev–Trinajstić information content (AvgIpc) is 2.35. The molecule has 1 N–H and O–H groups in total. The van der Waals surface area contributed by atoms with Crippen molar-refractivity contribution in [2.75, 3.05) is 13.1 Å². The van der Waals surface area contributed by atoms with Gasteiger partial charge < -0.3 is 5.11 Å². The maximum absolute atomic E-state index is 13.5. The van der Waals surface area contributed by atoms with Crippen LogP contribution in [0.5, 0.6) is 0 Å². The lowest BCUT2D eigenvalue weighted by atomic mass is 9.92. The minimum Gasteiger partial charge on any atom is -0.393 e. The molecule has 0 aromatic heterocycles. The molecule has 0 saturated carbocycles. The minimum absolute atomic E-state index is 0.246. The predicted molar refractivity (Wildman–Crippen MR) is 66.0 cm³/mol. The number of aliphatic hydroxyl groups excluding tert-OH is 1. The number of piperidine rings is 1. The standard InChI is InChI=1S/C14H19F2NO/c1-2-10-8-17(6-5-14(10)18)9-11-3-4-12(15)7-13(11)16/h3-4,7,10,14,18H,2,5-6,8-9H2,1H3. The van der Waals surface area contributed by atoms with E-state index in [1.807, 2.05) is 0 Å². The molecule has 0 spiro atoms. The zero-order chi connectivity index (χ0) is 13.1. The Morgan fingerprint density at radius 1 is 1.39 bits per heavy atom. The van der Waals surface area contributed by atoms with Gasteiger partial charge in [-0.25, -0.2) is 8.78 Å². The van der Waals surface area contributed by atoms with Gasteiger partial charge >= 0.3 is 0 Å². The molecular weight excluding hydrogens is 236 g/mol. The van der Waals surface area contributed by atoms with Crippen LogP contribution in [-0.2, 0) is 6.54 Å². The van der Waals surface area contributed by atoms with Crippen LogP contribution in [0.3, 0.4) is 0 Å². The summed E-state index contributed by atoms with van der Waals surface area (Å²) in [6.45, 7) is 4.06. The number of halogens is 2. The van der Waals surface area contributed by atoms with E-state index in [9.17, 15) is 13.9 Å². The molecule has 4 heteroatoms. The molecule has 2 rings (SSSR count). The van der Waals surface area contributed by atoms with Gasteiger partial charge in [-0.05, 0) is 24.8 Å². The van der Waals surface area contributed by atoms with E-state index in [2.05, 4.69) is 11.8 Å². The lowest BCUT2D eigenvalue weighted by Gasteiger charge is -2.35. The molecule has 1 heterocycles. The van der Waals surface area contributed by atoms with E-state index in [1.54, 1.807) is 0 Å². The van der Waals surface area contributed by atoms with Crippen LogP contribution in [0.1, 0.15) is 25.3 Å². The van der Waals surface area contributed by atoms with Crippen molar-refractivity contribution in [2.24, 2.45) is 5.92 Å². The molecule has 1 fully saturated rings. The molecule has 100 valence electrons. The van der Waals surface area contributed by atoms with Gasteiger partial charge in [-0.15, -0.1) is 0 Å². The molecule has 1 aromatic rings. The molecule has 2 unspecified atom stereocenters. The topological polar surface area (TPSA) is 23.5 Å². The number of benzene rings is 1. The monoisotopic (exact) mass is 255 g/mol. The zero-order valence-corrected chi connectivity index (χ0v) is 10.6. The highest BCUT2D eigenvalue weighted by atomic mass is 19.1. The van der Waals surface area contributed by atoms with E-state index in [1.165, 1.54) is 12.1 Å². The van der Waals surface area contributed by atoms with Crippen molar-refractivity contribution < 1.29 is 13.9 Å². The lowest BCUT2D eigenvalue weighted by molar-refractivity contribution is 0.0218. The summed E-state index contributed by atoms with van der Waals surface area (Å²) in [6, 6.07) is 3.70. The first-order valence-corrected chi connectivity index (χ1v) is 6.44. The fourth-order valence-electron chi connectivity index (χ4n) is 2.53. The molecule has 0 bridgehead atoms. The summed E-state index contributed by atoms with van der Waals surface area (Å²) in [5, 5.41) is 9.79. The Balaban J connectivity index is 2.01. The van der Waals surface area contributed by atoms with Crippen molar-refractivity contribution in [1.29, 1.82) is 0 Å². The SMILES string of the molecule is CCC1CN(Cc2ccc(F)cc2F)CCC1O. The Bertz CT molecular complexity index is 411. The van der Waals surface area contributed by atoms with E-state index in [0.29, 0.717) is 12.1 Å². The van der Waals surface area contributed by atoms with Gasteiger partial charge in [0, 0.05) is 31.3 Å². The van der Waals surface area contributed by atoms with Crippen molar-refractivity contribution in [1.82, 2.24) is 4.90 Å².